The molecule has 1 aliphatic carbocycles. The highest BCUT2D eigenvalue weighted by Gasteiger charge is 2.32. The minimum Gasteiger partial charge on any atom is -0.481 e. The van der Waals surface area contributed by atoms with Crippen LogP contribution in [0.4, 0.5) is 0 Å². The summed E-state index contributed by atoms with van der Waals surface area (Å²) in [6, 6.07) is 0. The van der Waals surface area contributed by atoms with Gasteiger partial charge in [-0.3, -0.25) is 14.4 Å². The zero-order valence-corrected chi connectivity index (χ0v) is 15.0. The lowest BCUT2D eigenvalue weighted by Gasteiger charge is -2.14. The van der Waals surface area contributed by atoms with Gasteiger partial charge in [0, 0.05) is 25.2 Å². The van der Waals surface area contributed by atoms with Crippen LogP contribution < -0.4 is 0 Å². The van der Waals surface area contributed by atoms with E-state index >= 15 is 0 Å². The normalized spacial score (nSPS) is 20.8. The minimum absolute atomic E-state index is 0.0594. The fourth-order valence-corrected chi connectivity index (χ4v) is 3.40. The van der Waals surface area contributed by atoms with Crippen LogP contribution in [0.5, 0.6) is 0 Å². The fourth-order valence-electron chi connectivity index (χ4n) is 3.40. The van der Waals surface area contributed by atoms with Crippen molar-refractivity contribution in [3.05, 3.63) is 12.2 Å². The summed E-state index contributed by atoms with van der Waals surface area (Å²) in [6.45, 7) is 2.12. The number of Topliss-reactive ketones (excluding diaryl/α,β-unsaturated/α-hetero) is 1. The molecule has 136 valence electrons. The Morgan fingerprint density at radius 3 is 2.50 bits per heavy atom. The number of rotatable bonds is 13. The molecule has 1 unspecified atom stereocenters. The number of unbranched alkanes of at least 4 members (excludes halogenated alkanes) is 5. The first kappa shape index (κ1) is 20.6. The highest BCUT2D eigenvalue weighted by Crippen LogP contribution is 2.33. The molecule has 0 radical (unpaired) electrons. The third-order valence-electron chi connectivity index (χ3n) is 4.87. The van der Waals surface area contributed by atoms with Gasteiger partial charge >= 0.3 is 5.97 Å². The van der Waals surface area contributed by atoms with E-state index in [2.05, 4.69) is 6.92 Å². The molecule has 1 saturated carbocycles. The topological polar surface area (TPSA) is 71.4 Å². The van der Waals surface area contributed by atoms with Gasteiger partial charge in [0.2, 0.25) is 0 Å². The second-order valence-electron chi connectivity index (χ2n) is 6.90. The second kappa shape index (κ2) is 12.0. The Labute approximate surface area is 145 Å². The average Bonchev–Trinajstić information content (AvgIpc) is 2.89. The number of hydrogen-bond acceptors (Lipinski definition) is 3. The lowest BCUT2D eigenvalue weighted by Crippen LogP contribution is -2.13. The van der Waals surface area contributed by atoms with Crippen molar-refractivity contribution in [2.24, 2.45) is 11.8 Å². The zero-order valence-electron chi connectivity index (χ0n) is 15.0. The number of carboxylic acid groups (broad SMARTS) is 1. The Hall–Kier alpha value is -1.45. The summed E-state index contributed by atoms with van der Waals surface area (Å²) in [5.74, 6) is 0.0365. The van der Waals surface area contributed by atoms with Gasteiger partial charge in [-0.25, -0.2) is 0 Å². The molecule has 0 spiro atoms. The van der Waals surface area contributed by atoms with Crippen LogP contribution in [0.3, 0.4) is 0 Å². The first-order valence-corrected chi connectivity index (χ1v) is 9.50. The van der Waals surface area contributed by atoms with E-state index in [1.807, 2.05) is 6.08 Å². The van der Waals surface area contributed by atoms with Gasteiger partial charge in [0.05, 0.1) is 0 Å². The van der Waals surface area contributed by atoms with E-state index in [0.717, 1.165) is 51.4 Å². The lowest BCUT2D eigenvalue weighted by atomic mass is 9.89. The number of carbonyl (C=O) groups excluding carboxylic acids is 2. The average molecular weight is 336 g/mol. The Morgan fingerprint density at radius 1 is 1.08 bits per heavy atom. The molecule has 0 bridgehead atoms. The molecule has 4 heteroatoms. The van der Waals surface area contributed by atoms with Gasteiger partial charge in [-0.2, -0.15) is 0 Å². The van der Waals surface area contributed by atoms with E-state index in [4.69, 9.17) is 5.11 Å². The van der Waals surface area contributed by atoms with E-state index in [-0.39, 0.29) is 24.0 Å². The van der Waals surface area contributed by atoms with Crippen LogP contribution >= 0.6 is 0 Å². The van der Waals surface area contributed by atoms with Crippen molar-refractivity contribution in [1.29, 1.82) is 0 Å². The smallest absolute Gasteiger partial charge is 0.303 e. The van der Waals surface area contributed by atoms with Crippen LogP contribution in [0.1, 0.15) is 84.0 Å². The van der Waals surface area contributed by atoms with Crippen molar-refractivity contribution in [3.63, 3.8) is 0 Å². The van der Waals surface area contributed by atoms with Crippen molar-refractivity contribution in [1.82, 2.24) is 0 Å². The number of allylic oxidation sites excluding steroid dienone is 2. The Morgan fingerprint density at radius 2 is 1.79 bits per heavy atom. The third-order valence-corrected chi connectivity index (χ3v) is 4.87. The maximum Gasteiger partial charge on any atom is 0.303 e. The van der Waals surface area contributed by atoms with E-state index in [1.54, 1.807) is 6.08 Å². The van der Waals surface area contributed by atoms with E-state index in [9.17, 15) is 14.4 Å². The van der Waals surface area contributed by atoms with Crippen LogP contribution in [0.25, 0.3) is 0 Å². The van der Waals surface area contributed by atoms with E-state index < -0.39 is 5.97 Å². The molecule has 0 aliphatic heterocycles. The molecule has 0 saturated heterocycles. The molecule has 0 aromatic rings. The number of carboxylic acids is 1. The Balaban J connectivity index is 2.29. The van der Waals surface area contributed by atoms with Crippen molar-refractivity contribution in [3.8, 4) is 0 Å². The quantitative estimate of drug-likeness (QED) is 0.390. The van der Waals surface area contributed by atoms with Crippen molar-refractivity contribution >= 4 is 17.5 Å². The molecule has 1 rings (SSSR count). The summed E-state index contributed by atoms with van der Waals surface area (Å²) < 4.78 is 0. The summed E-state index contributed by atoms with van der Waals surface area (Å²) in [5.41, 5.74) is 0. The molecule has 2 atom stereocenters. The molecule has 0 heterocycles. The molecule has 1 fully saturated rings. The Bertz CT molecular complexity index is 439. The highest BCUT2D eigenvalue weighted by atomic mass is 16.4. The van der Waals surface area contributed by atoms with Crippen LogP contribution in [0.15, 0.2) is 12.2 Å². The SMILES string of the molecule is CCCCCC(=O)/C=C/C1CCC(=O)[C@@H]1CCCCCCC(=O)O. The molecule has 0 amide bonds. The number of ketones is 2. The Kier molecular flexibility index (Phi) is 10.3. The summed E-state index contributed by atoms with van der Waals surface area (Å²) in [6.07, 6.45) is 13.6. The maximum atomic E-state index is 12.1. The fraction of sp³-hybridized carbons (Fsp3) is 0.750. The van der Waals surface area contributed by atoms with E-state index in [1.165, 1.54) is 0 Å². The summed E-state index contributed by atoms with van der Waals surface area (Å²) in [7, 11) is 0. The lowest BCUT2D eigenvalue weighted by molar-refractivity contribution is -0.137. The summed E-state index contributed by atoms with van der Waals surface area (Å²) in [4.78, 5) is 34.3. The predicted molar refractivity (Wildman–Crippen MR) is 94.8 cm³/mol. The van der Waals surface area contributed by atoms with Crippen molar-refractivity contribution < 1.29 is 19.5 Å². The van der Waals surface area contributed by atoms with Gasteiger partial charge in [-0.1, -0.05) is 45.1 Å². The van der Waals surface area contributed by atoms with Crippen LogP contribution in [-0.2, 0) is 14.4 Å². The molecular weight excluding hydrogens is 304 g/mol. The van der Waals surface area contributed by atoms with Gasteiger partial charge in [0.1, 0.15) is 5.78 Å². The summed E-state index contributed by atoms with van der Waals surface area (Å²) >= 11 is 0. The molecule has 4 nitrogen and oxygen atoms in total. The molecule has 0 aromatic heterocycles. The number of aliphatic carboxylic acids is 1. The highest BCUT2D eigenvalue weighted by molar-refractivity contribution is 5.90. The van der Waals surface area contributed by atoms with Gasteiger partial charge in [-0.15, -0.1) is 0 Å². The first-order chi connectivity index (χ1) is 11.5. The van der Waals surface area contributed by atoms with Gasteiger partial charge in [-0.05, 0) is 37.7 Å². The van der Waals surface area contributed by atoms with Crippen LogP contribution in [-0.4, -0.2) is 22.6 Å². The predicted octanol–water partition coefficient (Wildman–Crippen LogP) is 4.71. The molecule has 1 N–H and O–H groups in total. The van der Waals surface area contributed by atoms with Crippen LogP contribution in [0.2, 0.25) is 0 Å². The van der Waals surface area contributed by atoms with Gasteiger partial charge < -0.3 is 5.11 Å². The number of hydrogen-bond donors (Lipinski definition) is 1. The largest absolute Gasteiger partial charge is 0.481 e. The second-order valence-corrected chi connectivity index (χ2v) is 6.90. The molecule has 1 aliphatic rings. The first-order valence-electron chi connectivity index (χ1n) is 9.50. The third kappa shape index (κ3) is 8.42. The molecule has 0 aromatic carbocycles. The van der Waals surface area contributed by atoms with Crippen molar-refractivity contribution in [2.45, 2.75) is 84.0 Å². The summed E-state index contributed by atoms with van der Waals surface area (Å²) in [5, 5.41) is 8.60. The van der Waals surface area contributed by atoms with Gasteiger partial charge in [0.25, 0.3) is 0 Å². The molecular formula is C20H32O4. The van der Waals surface area contributed by atoms with Gasteiger partial charge in [0.15, 0.2) is 5.78 Å². The monoisotopic (exact) mass is 336 g/mol. The van der Waals surface area contributed by atoms with Crippen LogP contribution in [0, 0.1) is 11.8 Å². The molecule has 24 heavy (non-hydrogen) atoms. The standard InChI is InChI=1S/C20H32O4/c1-2-3-6-9-17(21)14-12-16-13-15-19(22)18(16)10-7-4-5-8-11-20(23)24/h12,14,16,18H,2-11,13,15H2,1H3,(H,23,24)/b14-12+/t16?,18-/m1/s1. The minimum atomic E-state index is -0.741. The van der Waals surface area contributed by atoms with E-state index in [0.29, 0.717) is 25.0 Å². The van der Waals surface area contributed by atoms with Crippen molar-refractivity contribution in [2.75, 3.05) is 0 Å². The maximum absolute atomic E-state index is 12.1. The zero-order chi connectivity index (χ0) is 17.8. The number of carbonyl (C=O) groups is 3.